The molecule has 1 aromatic rings. The van der Waals surface area contributed by atoms with Crippen LogP contribution in [0.25, 0.3) is 0 Å². The molecule has 82 valence electrons. The van der Waals surface area contributed by atoms with E-state index >= 15 is 0 Å². The maximum Gasteiger partial charge on any atom is 0.118 e. The van der Waals surface area contributed by atoms with E-state index in [9.17, 15) is 0 Å². The molecule has 0 aliphatic rings. The van der Waals surface area contributed by atoms with Crippen molar-refractivity contribution in [2.24, 2.45) is 5.84 Å². The second kappa shape index (κ2) is 6.22. The monoisotopic (exact) mass is 206 g/mol. The highest BCUT2D eigenvalue weighted by Gasteiger charge is 2.01. The molecule has 0 aliphatic carbocycles. The Hall–Kier alpha value is -1.32. The van der Waals surface area contributed by atoms with Crippen LogP contribution >= 0.6 is 0 Å². The number of nitrogens with two attached hydrogens (primary N) is 1. The van der Waals surface area contributed by atoms with Crippen molar-refractivity contribution in [2.45, 2.75) is 18.9 Å². The number of hydrogen-bond acceptors (Lipinski definition) is 3. The van der Waals surface area contributed by atoms with Crippen LogP contribution in [0.15, 0.2) is 36.9 Å². The number of aryl methyl sites for hydroxylation is 1. The number of nitrogens with one attached hydrogen (secondary N) is 1. The maximum absolute atomic E-state index is 5.35. The molecule has 0 radical (unpaired) electrons. The van der Waals surface area contributed by atoms with Gasteiger partial charge in [-0.05, 0) is 30.5 Å². The molecule has 1 atom stereocenters. The maximum atomic E-state index is 5.35. The van der Waals surface area contributed by atoms with Gasteiger partial charge in [-0.25, -0.2) is 0 Å². The van der Waals surface area contributed by atoms with E-state index in [1.54, 1.807) is 7.11 Å². The van der Waals surface area contributed by atoms with Crippen molar-refractivity contribution >= 4 is 0 Å². The summed E-state index contributed by atoms with van der Waals surface area (Å²) in [5.74, 6) is 6.24. The Morgan fingerprint density at radius 1 is 1.47 bits per heavy atom. The van der Waals surface area contributed by atoms with Gasteiger partial charge in [0.15, 0.2) is 0 Å². The van der Waals surface area contributed by atoms with Crippen molar-refractivity contribution in [1.29, 1.82) is 0 Å². The number of rotatable bonds is 6. The first-order chi connectivity index (χ1) is 7.30. The highest BCUT2D eigenvalue weighted by atomic mass is 16.5. The van der Waals surface area contributed by atoms with Gasteiger partial charge < -0.3 is 4.74 Å². The molecule has 0 saturated carbocycles. The van der Waals surface area contributed by atoms with Crippen molar-refractivity contribution < 1.29 is 4.74 Å². The Bertz CT molecular complexity index is 295. The Kier molecular flexibility index (Phi) is 4.87. The minimum Gasteiger partial charge on any atom is -0.497 e. The molecule has 0 heterocycles. The van der Waals surface area contributed by atoms with Gasteiger partial charge in [-0.3, -0.25) is 11.3 Å². The highest BCUT2D eigenvalue weighted by molar-refractivity contribution is 5.27. The van der Waals surface area contributed by atoms with Crippen LogP contribution < -0.4 is 16.0 Å². The average Bonchev–Trinajstić information content (AvgIpc) is 2.31. The first-order valence-corrected chi connectivity index (χ1v) is 5.01. The van der Waals surface area contributed by atoms with Crippen LogP contribution in [0.4, 0.5) is 0 Å². The first-order valence-electron chi connectivity index (χ1n) is 5.01. The third kappa shape index (κ3) is 3.73. The standard InChI is InChI=1S/C12H18N2O/c1-3-11(14-13)7-4-10-5-8-12(15-2)9-6-10/h3,5-6,8-9,11,14H,1,4,7,13H2,2H3. The fourth-order valence-electron chi connectivity index (χ4n) is 1.38. The summed E-state index contributed by atoms with van der Waals surface area (Å²) in [6.07, 6.45) is 3.75. The van der Waals surface area contributed by atoms with Crippen molar-refractivity contribution in [1.82, 2.24) is 5.43 Å². The Balaban J connectivity index is 2.46. The zero-order valence-corrected chi connectivity index (χ0v) is 9.07. The molecule has 0 amide bonds. The molecule has 0 aromatic heterocycles. The van der Waals surface area contributed by atoms with Crippen molar-refractivity contribution in [3.63, 3.8) is 0 Å². The van der Waals surface area contributed by atoms with Crippen LogP contribution in [-0.2, 0) is 6.42 Å². The van der Waals surface area contributed by atoms with E-state index in [1.807, 2.05) is 18.2 Å². The number of methoxy groups -OCH3 is 1. The molecular weight excluding hydrogens is 188 g/mol. The largest absolute Gasteiger partial charge is 0.497 e. The van der Waals surface area contributed by atoms with Crippen molar-refractivity contribution in [3.8, 4) is 5.75 Å². The lowest BCUT2D eigenvalue weighted by Crippen LogP contribution is -2.33. The van der Waals surface area contributed by atoms with Crippen LogP contribution in [0, 0.1) is 0 Å². The Morgan fingerprint density at radius 2 is 2.13 bits per heavy atom. The van der Waals surface area contributed by atoms with Gasteiger partial charge in [-0.2, -0.15) is 0 Å². The summed E-state index contributed by atoms with van der Waals surface area (Å²) in [5.41, 5.74) is 3.98. The van der Waals surface area contributed by atoms with E-state index in [4.69, 9.17) is 10.6 Å². The lowest BCUT2D eigenvalue weighted by Gasteiger charge is -2.10. The Morgan fingerprint density at radius 3 is 2.60 bits per heavy atom. The van der Waals surface area contributed by atoms with Crippen molar-refractivity contribution in [2.75, 3.05) is 7.11 Å². The molecule has 0 spiro atoms. The third-order valence-corrected chi connectivity index (χ3v) is 2.40. The summed E-state index contributed by atoms with van der Waals surface area (Å²) in [6.45, 7) is 3.71. The zero-order valence-electron chi connectivity index (χ0n) is 9.07. The van der Waals surface area contributed by atoms with Crippen LogP contribution in [0.2, 0.25) is 0 Å². The minimum atomic E-state index is 0.173. The van der Waals surface area contributed by atoms with Gasteiger partial charge in [0.25, 0.3) is 0 Å². The molecule has 1 unspecified atom stereocenters. The topological polar surface area (TPSA) is 47.3 Å². The Labute approximate surface area is 90.9 Å². The van der Waals surface area contributed by atoms with Gasteiger partial charge in [0.2, 0.25) is 0 Å². The molecule has 1 rings (SSSR count). The van der Waals surface area contributed by atoms with E-state index in [0.29, 0.717) is 0 Å². The number of hydrazine groups is 1. The fourth-order valence-corrected chi connectivity index (χ4v) is 1.38. The molecule has 3 heteroatoms. The van der Waals surface area contributed by atoms with Crippen LogP contribution in [0.5, 0.6) is 5.75 Å². The van der Waals surface area contributed by atoms with E-state index in [-0.39, 0.29) is 6.04 Å². The summed E-state index contributed by atoms with van der Waals surface area (Å²) in [5, 5.41) is 0. The van der Waals surface area contributed by atoms with Gasteiger partial charge >= 0.3 is 0 Å². The number of benzene rings is 1. The second-order valence-electron chi connectivity index (χ2n) is 3.40. The molecule has 3 nitrogen and oxygen atoms in total. The molecule has 3 N–H and O–H groups in total. The molecular formula is C12H18N2O. The predicted molar refractivity (Wildman–Crippen MR) is 62.6 cm³/mol. The van der Waals surface area contributed by atoms with Gasteiger partial charge in [0.05, 0.1) is 7.11 Å². The first kappa shape index (κ1) is 11.8. The van der Waals surface area contributed by atoms with Crippen LogP contribution in [0.1, 0.15) is 12.0 Å². The van der Waals surface area contributed by atoms with Crippen LogP contribution in [-0.4, -0.2) is 13.2 Å². The highest BCUT2D eigenvalue weighted by Crippen LogP contribution is 2.13. The van der Waals surface area contributed by atoms with E-state index < -0.39 is 0 Å². The SMILES string of the molecule is C=CC(CCc1ccc(OC)cc1)NN. The summed E-state index contributed by atoms with van der Waals surface area (Å²) in [7, 11) is 1.67. The van der Waals surface area contributed by atoms with E-state index in [0.717, 1.165) is 18.6 Å². The molecule has 0 fully saturated rings. The smallest absolute Gasteiger partial charge is 0.118 e. The average molecular weight is 206 g/mol. The minimum absolute atomic E-state index is 0.173. The molecule has 0 bridgehead atoms. The fraction of sp³-hybridized carbons (Fsp3) is 0.333. The second-order valence-corrected chi connectivity index (χ2v) is 3.40. The lowest BCUT2D eigenvalue weighted by atomic mass is 10.1. The normalized spacial score (nSPS) is 12.1. The summed E-state index contributed by atoms with van der Waals surface area (Å²) in [4.78, 5) is 0. The lowest BCUT2D eigenvalue weighted by molar-refractivity contribution is 0.414. The van der Waals surface area contributed by atoms with Gasteiger partial charge in [-0.15, -0.1) is 6.58 Å². The molecule has 0 aliphatic heterocycles. The van der Waals surface area contributed by atoms with E-state index in [1.165, 1.54) is 5.56 Å². The predicted octanol–water partition coefficient (Wildman–Crippen LogP) is 1.65. The number of hydrogen-bond donors (Lipinski definition) is 2. The summed E-state index contributed by atoms with van der Waals surface area (Å²) < 4.78 is 5.09. The van der Waals surface area contributed by atoms with Crippen LogP contribution in [0.3, 0.4) is 0 Å². The van der Waals surface area contributed by atoms with Crippen molar-refractivity contribution in [3.05, 3.63) is 42.5 Å². The molecule has 0 saturated heterocycles. The molecule has 1 aromatic carbocycles. The van der Waals surface area contributed by atoms with Gasteiger partial charge in [0, 0.05) is 6.04 Å². The van der Waals surface area contributed by atoms with E-state index in [2.05, 4.69) is 24.1 Å². The summed E-state index contributed by atoms with van der Waals surface area (Å²) in [6, 6.07) is 8.24. The molecule has 15 heavy (non-hydrogen) atoms. The summed E-state index contributed by atoms with van der Waals surface area (Å²) >= 11 is 0. The van der Waals surface area contributed by atoms with Gasteiger partial charge in [0.1, 0.15) is 5.75 Å². The van der Waals surface area contributed by atoms with Gasteiger partial charge in [-0.1, -0.05) is 18.2 Å². The quantitative estimate of drug-likeness (QED) is 0.422. The zero-order chi connectivity index (χ0) is 11.1. The third-order valence-electron chi connectivity index (χ3n) is 2.40. The number of ether oxygens (including phenoxy) is 1.